The highest BCUT2D eigenvalue weighted by atomic mass is 19.1. The molecular weight excluding hydrogens is 293 g/mol. The van der Waals surface area contributed by atoms with Crippen LogP contribution in [0.5, 0.6) is 0 Å². The number of hydrogen-bond acceptors (Lipinski definition) is 4. The fourth-order valence-electron chi connectivity index (χ4n) is 2.45. The van der Waals surface area contributed by atoms with Crippen molar-refractivity contribution in [1.29, 1.82) is 0 Å². The summed E-state index contributed by atoms with van der Waals surface area (Å²) in [6.07, 6.45) is 4.32. The van der Waals surface area contributed by atoms with Gasteiger partial charge in [0.1, 0.15) is 11.6 Å². The standard InChI is InChI=1S/C17H16FN5/c1-11-10-16(20-14-6-4-13(18)5-7-14)21-17(19-11)23-9-8-15(22-23)12-2-3-12/h4-10,12H,2-3H2,1H3,(H,19,20,21). The van der Waals surface area contributed by atoms with Crippen LogP contribution in [0.25, 0.3) is 5.95 Å². The van der Waals surface area contributed by atoms with Gasteiger partial charge in [0.15, 0.2) is 0 Å². The lowest BCUT2D eigenvalue weighted by molar-refractivity contribution is 0.628. The molecular formula is C17H16FN5. The number of aromatic nitrogens is 4. The van der Waals surface area contributed by atoms with Crippen molar-refractivity contribution in [3.8, 4) is 5.95 Å². The Kier molecular flexibility index (Phi) is 3.29. The van der Waals surface area contributed by atoms with E-state index in [9.17, 15) is 4.39 Å². The Hall–Kier alpha value is -2.76. The molecule has 116 valence electrons. The summed E-state index contributed by atoms with van der Waals surface area (Å²) in [6.45, 7) is 1.91. The van der Waals surface area contributed by atoms with Gasteiger partial charge in [-0.3, -0.25) is 0 Å². The van der Waals surface area contributed by atoms with Gasteiger partial charge in [-0.1, -0.05) is 0 Å². The lowest BCUT2D eigenvalue weighted by Crippen LogP contribution is -2.06. The zero-order chi connectivity index (χ0) is 15.8. The molecule has 3 aromatic rings. The zero-order valence-corrected chi connectivity index (χ0v) is 12.7. The minimum atomic E-state index is -0.265. The van der Waals surface area contributed by atoms with E-state index in [2.05, 4.69) is 20.4 Å². The van der Waals surface area contributed by atoms with Crippen LogP contribution in [0.4, 0.5) is 15.9 Å². The van der Waals surface area contributed by atoms with E-state index >= 15 is 0 Å². The SMILES string of the molecule is Cc1cc(Nc2ccc(F)cc2)nc(-n2ccc(C3CC3)n2)n1. The van der Waals surface area contributed by atoms with E-state index in [1.165, 1.54) is 25.0 Å². The van der Waals surface area contributed by atoms with Gasteiger partial charge in [-0.05, 0) is 50.1 Å². The van der Waals surface area contributed by atoms with Crippen LogP contribution in [-0.4, -0.2) is 19.7 Å². The second-order valence-corrected chi connectivity index (χ2v) is 5.79. The van der Waals surface area contributed by atoms with Crippen LogP contribution in [-0.2, 0) is 0 Å². The zero-order valence-electron chi connectivity index (χ0n) is 12.7. The molecule has 0 atom stereocenters. The first-order valence-electron chi connectivity index (χ1n) is 7.61. The van der Waals surface area contributed by atoms with Crippen LogP contribution in [0.3, 0.4) is 0 Å². The highest BCUT2D eigenvalue weighted by molar-refractivity contribution is 5.56. The Bertz CT molecular complexity index is 836. The van der Waals surface area contributed by atoms with Crippen molar-refractivity contribution in [2.24, 2.45) is 0 Å². The quantitative estimate of drug-likeness (QED) is 0.798. The van der Waals surface area contributed by atoms with Gasteiger partial charge in [-0.15, -0.1) is 0 Å². The molecule has 1 aliphatic carbocycles. The molecule has 0 bridgehead atoms. The summed E-state index contributed by atoms with van der Waals surface area (Å²) in [4.78, 5) is 8.94. The first-order chi connectivity index (χ1) is 11.2. The summed E-state index contributed by atoms with van der Waals surface area (Å²) in [7, 11) is 0. The lowest BCUT2D eigenvalue weighted by Gasteiger charge is -2.08. The Morgan fingerprint density at radius 3 is 2.65 bits per heavy atom. The molecule has 0 unspecified atom stereocenters. The number of benzene rings is 1. The molecule has 5 nitrogen and oxygen atoms in total. The van der Waals surface area contributed by atoms with Crippen molar-refractivity contribution >= 4 is 11.5 Å². The molecule has 0 amide bonds. The van der Waals surface area contributed by atoms with Gasteiger partial charge in [-0.2, -0.15) is 10.1 Å². The predicted molar refractivity (Wildman–Crippen MR) is 85.5 cm³/mol. The van der Waals surface area contributed by atoms with Crippen molar-refractivity contribution in [3.05, 3.63) is 59.8 Å². The van der Waals surface area contributed by atoms with Crippen molar-refractivity contribution in [2.75, 3.05) is 5.32 Å². The van der Waals surface area contributed by atoms with Crippen LogP contribution in [0.2, 0.25) is 0 Å². The highest BCUT2D eigenvalue weighted by Gasteiger charge is 2.26. The van der Waals surface area contributed by atoms with E-state index in [0.29, 0.717) is 17.7 Å². The maximum absolute atomic E-state index is 13.0. The summed E-state index contributed by atoms with van der Waals surface area (Å²) < 4.78 is 14.7. The molecule has 0 saturated heterocycles. The summed E-state index contributed by atoms with van der Waals surface area (Å²) in [6, 6.07) is 10.0. The number of hydrogen-bond donors (Lipinski definition) is 1. The molecule has 0 aliphatic heterocycles. The van der Waals surface area contributed by atoms with Crippen molar-refractivity contribution < 1.29 is 4.39 Å². The van der Waals surface area contributed by atoms with Crippen LogP contribution in [0.15, 0.2) is 42.6 Å². The summed E-state index contributed by atoms with van der Waals surface area (Å²) in [5, 5.41) is 7.72. The number of anilines is 2. The molecule has 1 aromatic carbocycles. The largest absolute Gasteiger partial charge is 0.340 e. The molecule has 1 fully saturated rings. The molecule has 23 heavy (non-hydrogen) atoms. The average molecular weight is 309 g/mol. The Morgan fingerprint density at radius 1 is 1.13 bits per heavy atom. The maximum Gasteiger partial charge on any atom is 0.252 e. The van der Waals surface area contributed by atoms with E-state index in [4.69, 9.17) is 0 Å². The Morgan fingerprint density at radius 2 is 1.91 bits per heavy atom. The van der Waals surface area contributed by atoms with Gasteiger partial charge in [0, 0.05) is 29.6 Å². The van der Waals surface area contributed by atoms with Gasteiger partial charge >= 0.3 is 0 Å². The van der Waals surface area contributed by atoms with E-state index in [1.54, 1.807) is 16.8 Å². The summed E-state index contributed by atoms with van der Waals surface area (Å²) in [5.41, 5.74) is 2.71. The van der Waals surface area contributed by atoms with Gasteiger partial charge < -0.3 is 5.32 Å². The van der Waals surface area contributed by atoms with Crippen LogP contribution >= 0.6 is 0 Å². The third kappa shape index (κ3) is 3.06. The lowest BCUT2D eigenvalue weighted by atomic mass is 10.3. The summed E-state index contributed by atoms with van der Waals surface area (Å²) >= 11 is 0. The monoisotopic (exact) mass is 309 g/mol. The second kappa shape index (κ2) is 5.46. The third-order valence-corrected chi connectivity index (χ3v) is 3.77. The Labute approximate surface area is 133 Å². The molecule has 1 aliphatic rings. The smallest absolute Gasteiger partial charge is 0.252 e. The first kappa shape index (κ1) is 13.9. The van der Waals surface area contributed by atoms with Crippen LogP contribution in [0, 0.1) is 12.7 Å². The third-order valence-electron chi connectivity index (χ3n) is 3.77. The molecule has 6 heteroatoms. The molecule has 2 heterocycles. The molecule has 4 rings (SSSR count). The minimum Gasteiger partial charge on any atom is -0.340 e. The van der Waals surface area contributed by atoms with Crippen molar-refractivity contribution in [3.63, 3.8) is 0 Å². The van der Waals surface area contributed by atoms with Crippen LogP contribution < -0.4 is 5.32 Å². The number of rotatable bonds is 4. The fraction of sp³-hybridized carbons (Fsp3) is 0.235. The van der Waals surface area contributed by atoms with E-state index in [1.807, 2.05) is 25.3 Å². The first-order valence-corrected chi connectivity index (χ1v) is 7.61. The highest BCUT2D eigenvalue weighted by Crippen LogP contribution is 2.38. The van der Waals surface area contributed by atoms with E-state index in [-0.39, 0.29) is 5.82 Å². The number of nitrogens with zero attached hydrogens (tertiary/aromatic N) is 4. The van der Waals surface area contributed by atoms with E-state index < -0.39 is 0 Å². The molecule has 0 spiro atoms. The normalized spacial score (nSPS) is 14.0. The fourth-order valence-corrected chi connectivity index (χ4v) is 2.45. The van der Waals surface area contributed by atoms with Crippen molar-refractivity contribution in [2.45, 2.75) is 25.7 Å². The van der Waals surface area contributed by atoms with Crippen molar-refractivity contribution in [1.82, 2.24) is 19.7 Å². The van der Waals surface area contributed by atoms with Gasteiger partial charge in [0.2, 0.25) is 0 Å². The molecule has 1 saturated carbocycles. The molecule has 1 N–H and O–H groups in total. The predicted octanol–water partition coefficient (Wildman–Crippen LogP) is 3.73. The second-order valence-electron chi connectivity index (χ2n) is 5.79. The topological polar surface area (TPSA) is 55.6 Å². The van der Waals surface area contributed by atoms with Crippen LogP contribution in [0.1, 0.15) is 30.1 Å². The minimum absolute atomic E-state index is 0.265. The number of nitrogens with one attached hydrogen (secondary N) is 1. The number of halogens is 1. The average Bonchev–Trinajstić information content (AvgIpc) is 3.26. The maximum atomic E-state index is 13.0. The number of aryl methyl sites for hydroxylation is 1. The van der Waals surface area contributed by atoms with Gasteiger partial charge in [0.25, 0.3) is 5.95 Å². The summed E-state index contributed by atoms with van der Waals surface area (Å²) in [5.74, 6) is 1.52. The van der Waals surface area contributed by atoms with E-state index in [0.717, 1.165) is 17.1 Å². The van der Waals surface area contributed by atoms with Gasteiger partial charge in [-0.25, -0.2) is 14.1 Å². The molecule has 2 aromatic heterocycles. The Balaban J connectivity index is 1.62. The van der Waals surface area contributed by atoms with Gasteiger partial charge in [0.05, 0.1) is 5.69 Å². The molecule has 0 radical (unpaired) electrons.